The fourth-order valence-electron chi connectivity index (χ4n) is 2.82. The van der Waals surface area contributed by atoms with Crippen molar-refractivity contribution in [2.75, 3.05) is 23.4 Å². The molecule has 1 saturated heterocycles. The smallest absolute Gasteiger partial charge is 0.0591 e. The van der Waals surface area contributed by atoms with Crippen LogP contribution in [0.3, 0.4) is 0 Å². The van der Waals surface area contributed by atoms with Crippen LogP contribution in [0.4, 0.5) is 5.69 Å². The average Bonchev–Trinajstić information content (AvgIpc) is 2.33. The molecule has 0 spiro atoms. The number of halogens is 1. The van der Waals surface area contributed by atoms with Crippen molar-refractivity contribution in [2.24, 2.45) is 11.1 Å². The lowest BCUT2D eigenvalue weighted by Gasteiger charge is -2.45. The first-order valence-electron chi connectivity index (χ1n) is 6.68. The fraction of sp³-hybridized carbons (Fsp3) is 0.600. The highest BCUT2D eigenvalue weighted by atomic mass is 79.9. The Morgan fingerprint density at radius 1 is 1.37 bits per heavy atom. The predicted molar refractivity (Wildman–Crippen MR) is 90.0 cm³/mol. The third kappa shape index (κ3) is 3.67. The number of nitrogens with one attached hydrogen (secondary N) is 1. The van der Waals surface area contributed by atoms with Crippen molar-refractivity contribution in [2.45, 2.75) is 32.7 Å². The van der Waals surface area contributed by atoms with E-state index < -0.39 is 0 Å². The van der Waals surface area contributed by atoms with Gasteiger partial charge in [-0.15, -0.1) is 0 Å². The van der Waals surface area contributed by atoms with Gasteiger partial charge in [-0.3, -0.25) is 0 Å². The minimum atomic E-state index is 0.00271. The first-order valence-corrected chi connectivity index (χ1v) is 8.63. The maximum atomic E-state index is 6.10. The average molecular weight is 343 g/mol. The molecule has 1 aromatic rings. The molecule has 0 amide bonds. The van der Waals surface area contributed by atoms with Gasteiger partial charge in [0, 0.05) is 22.5 Å². The number of hydrogen-bond acceptors (Lipinski definition) is 3. The van der Waals surface area contributed by atoms with E-state index >= 15 is 0 Å². The molecule has 1 aliphatic rings. The highest BCUT2D eigenvalue weighted by molar-refractivity contribution is 9.10. The largest absolute Gasteiger partial charge is 0.377 e. The summed E-state index contributed by atoms with van der Waals surface area (Å²) in [5, 5.41) is 3.72. The van der Waals surface area contributed by atoms with Crippen molar-refractivity contribution < 1.29 is 0 Å². The van der Waals surface area contributed by atoms with Gasteiger partial charge in [-0.2, -0.15) is 11.8 Å². The van der Waals surface area contributed by atoms with Gasteiger partial charge >= 0.3 is 0 Å². The predicted octanol–water partition coefficient (Wildman–Crippen LogP) is 4.03. The molecule has 0 radical (unpaired) electrons. The quantitative estimate of drug-likeness (QED) is 0.870. The van der Waals surface area contributed by atoms with Gasteiger partial charge in [-0.25, -0.2) is 0 Å². The van der Waals surface area contributed by atoms with Crippen LogP contribution in [0.5, 0.6) is 0 Å². The van der Waals surface area contributed by atoms with Gasteiger partial charge in [0.2, 0.25) is 0 Å². The maximum absolute atomic E-state index is 6.10. The summed E-state index contributed by atoms with van der Waals surface area (Å²) in [7, 11) is 0. The van der Waals surface area contributed by atoms with Crippen molar-refractivity contribution in [1.29, 1.82) is 0 Å². The van der Waals surface area contributed by atoms with Gasteiger partial charge in [0.25, 0.3) is 0 Å². The van der Waals surface area contributed by atoms with Crippen LogP contribution in [0, 0.1) is 12.3 Å². The molecule has 1 fully saturated rings. The molecule has 3 N–H and O–H groups in total. The summed E-state index contributed by atoms with van der Waals surface area (Å²) in [6.45, 7) is 7.45. The van der Waals surface area contributed by atoms with E-state index in [1.165, 1.54) is 11.3 Å². The highest BCUT2D eigenvalue weighted by Gasteiger charge is 2.39. The first kappa shape index (κ1) is 15.2. The molecule has 1 unspecified atom stereocenters. The Kier molecular flexibility index (Phi) is 4.53. The fourth-order valence-corrected chi connectivity index (χ4v) is 4.61. The molecule has 0 saturated carbocycles. The van der Waals surface area contributed by atoms with E-state index in [-0.39, 0.29) is 5.54 Å². The molecule has 1 atom stereocenters. The summed E-state index contributed by atoms with van der Waals surface area (Å²) in [5.74, 6) is 2.29. The third-order valence-corrected chi connectivity index (χ3v) is 6.03. The van der Waals surface area contributed by atoms with Crippen LogP contribution in [-0.2, 0) is 0 Å². The van der Waals surface area contributed by atoms with Crippen molar-refractivity contribution in [3.63, 3.8) is 0 Å². The summed E-state index contributed by atoms with van der Waals surface area (Å²) in [5.41, 5.74) is 8.87. The Bertz CT molecular complexity index is 461. The molecule has 2 rings (SSSR count). The van der Waals surface area contributed by atoms with Gasteiger partial charge < -0.3 is 11.1 Å². The Labute approximate surface area is 129 Å². The van der Waals surface area contributed by atoms with E-state index in [2.05, 4.69) is 60.2 Å². The van der Waals surface area contributed by atoms with E-state index in [1.807, 2.05) is 11.8 Å². The van der Waals surface area contributed by atoms with E-state index in [0.29, 0.717) is 12.0 Å². The molecule has 1 heterocycles. The van der Waals surface area contributed by atoms with Crippen LogP contribution < -0.4 is 11.1 Å². The summed E-state index contributed by atoms with van der Waals surface area (Å²) < 4.78 is 1.11. The molecular formula is C15H23BrN2S. The van der Waals surface area contributed by atoms with Gasteiger partial charge in [-0.1, -0.05) is 19.9 Å². The van der Waals surface area contributed by atoms with Gasteiger partial charge in [0.05, 0.1) is 5.54 Å². The van der Waals surface area contributed by atoms with Gasteiger partial charge in [0.15, 0.2) is 0 Å². The van der Waals surface area contributed by atoms with Gasteiger partial charge in [-0.05, 0) is 58.1 Å². The second kappa shape index (κ2) is 5.66. The minimum absolute atomic E-state index is 0.00271. The standard InChI is InChI=1S/C15H23BrN2S/c1-11-4-5-12(16)13(6-11)18-15(8-17)7-14(2,3)9-19-10-15/h4-6,18H,7-10,17H2,1-3H3. The topological polar surface area (TPSA) is 38.0 Å². The van der Waals surface area contributed by atoms with Crippen molar-refractivity contribution in [1.82, 2.24) is 0 Å². The summed E-state index contributed by atoms with van der Waals surface area (Å²) >= 11 is 5.63. The monoisotopic (exact) mass is 342 g/mol. The van der Waals surface area contributed by atoms with Crippen LogP contribution in [0.1, 0.15) is 25.8 Å². The van der Waals surface area contributed by atoms with Crippen LogP contribution in [-0.4, -0.2) is 23.6 Å². The Hall–Kier alpha value is -0.190. The molecule has 0 bridgehead atoms. The Morgan fingerprint density at radius 3 is 2.74 bits per heavy atom. The highest BCUT2D eigenvalue weighted by Crippen LogP contribution is 2.41. The van der Waals surface area contributed by atoms with E-state index in [1.54, 1.807) is 0 Å². The van der Waals surface area contributed by atoms with E-state index in [9.17, 15) is 0 Å². The number of benzene rings is 1. The number of anilines is 1. The van der Waals surface area contributed by atoms with E-state index in [4.69, 9.17) is 5.73 Å². The third-order valence-electron chi connectivity index (χ3n) is 3.60. The second-order valence-electron chi connectivity index (χ2n) is 6.43. The number of aryl methyl sites for hydroxylation is 1. The van der Waals surface area contributed by atoms with Crippen LogP contribution in [0.2, 0.25) is 0 Å². The number of thioether (sulfide) groups is 1. The van der Waals surface area contributed by atoms with Crippen molar-refractivity contribution >= 4 is 33.4 Å². The normalized spacial score (nSPS) is 26.2. The maximum Gasteiger partial charge on any atom is 0.0591 e. The lowest BCUT2D eigenvalue weighted by molar-refractivity contribution is 0.290. The molecule has 2 nitrogen and oxygen atoms in total. The van der Waals surface area contributed by atoms with Crippen LogP contribution in [0.15, 0.2) is 22.7 Å². The molecule has 0 aliphatic carbocycles. The summed E-state index contributed by atoms with van der Waals surface area (Å²) in [4.78, 5) is 0. The van der Waals surface area contributed by atoms with Crippen LogP contribution >= 0.6 is 27.7 Å². The first-order chi connectivity index (χ1) is 8.86. The summed E-state index contributed by atoms with van der Waals surface area (Å²) in [6.07, 6.45) is 1.11. The van der Waals surface area contributed by atoms with Gasteiger partial charge in [0.1, 0.15) is 0 Å². The zero-order chi connectivity index (χ0) is 14.1. The molecule has 1 aromatic carbocycles. The lowest BCUT2D eigenvalue weighted by Crippen LogP contribution is -2.53. The minimum Gasteiger partial charge on any atom is -0.377 e. The molecule has 0 aromatic heterocycles. The van der Waals surface area contributed by atoms with Crippen molar-refractivity contribution in [3.8, 4) is 0 Å². The molecule has 106 valence electrons. The molecule has 19 heavy (non-hydrogen) atoms. The van der Waals surface area contributed by atoms with Crippen LogP contribution in [0.25, 0.3) is 0 Å². The molecule has 1 aliphatic heterocycles. The molecular weight excluding hydrogens is 320 g/mol. The second-order valence-corrected chi connectivity index (χ2v) is 8.27. The van der Waals surface area contributed by atoms with E-state index in [0.717, 1.165) is 22.3 Å². The Balaban J connectivity index is 2.25. The molecule has 4 heteroatoms. The zero-order valence-electron chi connectivity index (χ0n) is 11.9. The number of nitrogens with two attached hydrogens (primary N) is 1. The van der Waals surface area contributed by atoms with Crippen molar-refractivity contribution in [3.05, 3.63) is 28.2 Å². The number of hydrogen-bond donors (Lipinski definition) is 2. The summed E-state index contributed by atoms with van der Waals surface area (Å²) in [6, 6.07) is 6.40. The Morgan fingerprint density at radius 2 is 2.11 bits per heavy atom. The number of rotatable bonds is 3. The zero-order valence-corrected chi connectivity index (χ0v) is 14.3. The SMILES string of the molecule is Cc1ccc(Br)c(NC2(CN)CSCC(C)(C)C2)c1. The lowest BCUT2D eigenvalue weighted by atomic mass is 9.79.